The predicted octanol–water partition coefficient (Wildman–Crippen LogP) is 10.3. The van der Waals surface area contributed by atoms with Crippen molar-refractivity contribution >= 4 is 0 Å². The fourth-order valence-electron chi connectivity index (χ4n) is 5.02. The van der Waals surface area contributed by atoms with E-state index in [1.165, 1.54) is 154 Å². The maximum absolute atomic E-state index is 2.52. The maximum atomic E-state index is 2.52. The van der Waals surface area contributed by atoms with Crippen LogP contribution in [0.1, 0.15) is 167 Å². The van der Waals surface area contributed by atoms with Gasteiger partial charge in [-0.1, -0.05) is 130 Å². The van der Waals surface area contributed by atoms with Gasteiger partial charge in [-0.15, -0.1) is 0 Å². The first-order chi connectivity index (χ1) is 16.3. The van der Waals surface area contributed by atoms with Crippen molar-refractivity contribution in [2.45, 2.75) is 175 Å². The molecule has 0 unspecified atom stereocenters. The van der Waals surface area contributed by atoms with Crippen molar-refractivity contribution < 1.29 is 4.57 Å². The van der Waals surface area contributed by atoms with Crippen molar-refractivity contribution in [1.29, 1.82) is 0 Å². The molecule has 0 N–H and O–H groups in total. The number of hydrogen-bond acceptors (Lipinski definition) is 0. The van der Waals surface area contributed by atoms with Crippen molar-refractivity contribution in [2.75, 3.05) is 0 Å². The topological polar surface area (TPSA) is 3.88 Å². The normalized spacial score (nSPS) is 11.4. The SMILES string of the molecule is CCCCCCCCCCc1cc[n+](CCCCCCC)cc1CCCCCCCCCC. The van der Waals surface area contributed by atoms with Gasteiger partial charge in [-0.25, -0.2) is 4.57 Å². The summed E-state index contributed by atoms with van der Waals surface area (Å²) in [6, 6.07) is 2.47. The lowest BCUT2D eigenvalue weighted by molar-refractivity contribution is -0.697. The Kier molecular flexibility index (Phi) is 21.0. The zero-order valence-electron chi connectivity index (χ0n) is 23.1. The quantitative estimate of drug-likeness (QED) is 0.107. The van der Waals surface area contributed by atoms with Crippen LogP contribution in [0.4, 0.5) is 0 Å². The lowest BCUT2D eigenvalue weighted by atomic mass is 9.97. The molecular weight excluding hydrogens is 398 g/mol. The summed E-state index contributed by atoms with van der Waals surface area (Å²) in [7, 11) is 0. The van der Waals surface area contributed by atoms with Crippen LogP contribution in [0.3, 0.4) is 0 Å². The lowest BCUT2D eigenvalue weighted by Gasteiger charge is -2.10. The largest absolute Gasteiger partial charge is 0.205 e. The van der Waals surface area contributed by atoms with E-state index in [-0.39, 0.29) is 0 Å². The van der Waals surface area contributed by atoms with Crippen molar-refractivity contribution in [3.63, 3.8) is 0 Å². The Morgan fingerprint density at radius 3 is 1.33 bits per heavy atom. The second-order valence-electron chi connectivity index (χ2n) is 10.6. The van der Waals surface area contributed by atoms with Crippen LogP contribution in [-0.2, 0) is 19.4 Å². The van der Waals surface area contributed by atoms with Gasteiger partial charge in [-0.2, -0.15) is 0 Å². The number of pyridine rings is 1. The molecule has 0 aliphatic heterocycles. The third-order valence-electron chi connectivity index (χ3n) is 7.32. The molecule has 0 fully saturated rings. The zero-order chi connectivity index (χ0) is 23.8. The van der Waals surface area contributed by atoms with E-state index in [1.807, 2.05) is 0 Å². The van der Waals surface area contributed by atoms with E-state index < -0.39 is 0 Å². The third kappa shape index (κ3) is 17.3. The van der Waals surface area contributed by atoms with Crippen molar-refractivity contribution in [1.82, 2.24) is 0 Å². The summed E-state index contributed by atoms with van der Waals surface area (Å²) in [5.74, 6) is 0. The van der Waals surface area contributed by atoms with Crippen LogP contribution in [-0.4, -0.2) is 0 Å². The van der Waals surface area contributed by atoms with Crippen LogP contribution >= 0.6 is 0 Å². The van der Waals surface area contributed by atoms with Gasteiger partial charge in [0.2, 0.25) is 0 Å². The van der Waals surface area contributed by atoms with E-state index in [4.69, 9.17) is 0 Å². The summed E-state index contributed by atoms with van der Waals surface area (Å²) in [5, 5.41) is 0. The van der Waals surface area contributed by atoms with E-state index in [0.717, 1.165) is 0 Å². The van der Waals surface area contributed by atoms with Gasteiger partial charge in [0.15, 0.2) is 12.4 Å². The summed E-state index contributed by atoms with van der Waals surface area (Å²) in [5.41, 5.74) is 3.30. The molecule has 0 aliphatic carbocycles. The zero-order valence-corrected chi connectivity index (χ0v) is 23.1. The van der Waals surface area contributed by atoms with E-state index in [1.54, 1.807) is 11.1 Å². The minimum atomic E-state index is 1.20. The van der Waals surface area contributed by atoms with Crippen LogP contribution in [0.5, 0.6) is 0 Å². The highest BCUT2D eigenvalue weighted by atomic mass is 14.9. The first-order valence-corrected chi connectivity index (χ1v) is 15.3. The summed E-state index contributed by atoms with van der Waals surface area (Å²) < 4.78 is 2.49. The molecule has 0 saturated carbocycles. The van der Waals surface area contributed by atoms with Gasteiger partial charge in [-0.05, 0) is 37.7 Å². The second kappa shape index (κ2) is 22.9. The molecule has 0 radical (unpaired) electrons. The molecule has 0 spiro atoms. The number of hydrogen-bond donors (Lipinski definition) is 0. The van der Waals surface area contributed by atoms with Crippen molar-refractivity contribution in [3.8, 4) is 0 Å². The summed E-state index contributed by atoms with van der Waals surface area (Å²) in [4.78, 5) is 0. The monoisotopic (exact) mass is 458 g/mol. The second-order valence-corrected chi connectivity index (χ2v) is 10.6. The van der Waals surface area contributed by atoms with Crippen LogP contribution in [0, 0.1) is 0 Å². The number of aromatic nitrogens is 1. The molecule has 1 nitrogen and oxygen atoms in total. The summed E-state index contributed by atoms with van der Waals surface area (Å²) >= 11 is 0. The lowest BCUT2D eigenvalue weighted by Crippen LogP contribution is -2.33. The van der Waals surface area contributed by atoms with Crippen LogP contribution in [0.15, 0.2) is 18.5 Å². The number of unbranched alkanes of at least 4 members (excludes halogenated alkanes) is 18. The average molecular weight is 459 g/mol. The van der Waals surface area contributed by atoms with Gasteiger partial charge in [-0.3, -0.25) is 0 Å². The van der Waals surface area contributed by atoms with Crippen molar-refractivity contribution in [3.05, 3.63) is 29.6 Å². The molecule has 0 atom stereocenters. The first-order valence-electron chi connectivity index (χ1n) is 15.3. The van der Waals surface area contributed by atoms with E-state index in [2.05, 4.69) is 43.8 Å². The van der Waals surface area contributed by atoms with Gasteiger partial charge >= 0.3 is 0 Å². The Morgan fingerprint density at radius 2 is 0.848 bits per heavy atom. The molecule has 1 heteroatoms. The third-order valence-corrected chi connectivity index (χ3v) is 7.32. The number of aryl methyl sites for hydroxylation is 3. The maximum Gasteiger partial charge on any atom is 0.172 e. The number of rotatable bonds is 24. The molecule has 0 amide bonds. The summed E-state index contributed by atoms with van der Waals surface area (Å²) in [6.45, 7) is 8.12. The molecule has 1 heterocycles. The minimum absolute atomic E-state index is 1.20. The molecule has 0 aromatic carbocycles. The number of nitrogens with zero attached hydrogens (tertiary/aromatic N) is 1. The smallest absolute Gasteiger partial charge is 0.172 e. The van der Waals surface area contributed by atoms with Crippen molar-refractivity contribution in [2.24, 2.45) is 0 Å². The van der Waals surface area contributed by atoms with Crippen LogP contribution in [0.25, 0.3) is 0 Å². The van der Waals surface area contributed by atoms with Crippen LogP contribution in [0.2, 0.25) is 0 Å². The molecule has 1 aromatic heterocycles. The first kappa shape index (κ1) is 30.2. The molecule has 192 valence electrons. The fraction of sp³-hybridized carbons (Fsp3) is 0.844. The van der Waals surface area contributed by atoms with Gasteiger partial charge < -0.3 is 0 Å². The van der Waals surface area contributed by atoms with E-state index in [0.29, 0.717) is 0 Å². The predicted molar refractivity (Wildman–Crippen MR) is 148 cm³/mol. The highest BCUT2D eigenvalue weighted by molar-refractivity contribution is 5.21. The average Bonchev–Trinajstić information content (AvgIpc) is 2.83. The molecule has 0 aliphatic rings. The van der Waals surface area contributed by atoms with Gasteiger partial charge in [0.25, 0.3) is 0 Å². The molecular formula is C32H60N+. The highest BCUT2D eigenvalue weighted by Gasteiger charge is 2.10. The Morgan fingerprint density at radius 1 is 0.455 bits per heavy atom. The summed E-state index contributed by atoms with van der Waals surface area (Å²) in [6.07, 6.45) is 37.0. The standard InChI is InChI=1S/C32H60N/c1-4-7-10-13-15-17-19-22-25-31-27-29-33(28-24-21-12-9-6-3)30-32(31)26-23-20-18-16-14-11-8-5-2/h27,29-30H,4-26,28H2,1-3H3/q+1. The van der Waals surface area contributed by atoms with Gasteiger partial charge in [0.05, 0.1) is 0 Å². The Hall–Kier alpha value is -0.850. The molecule has 0 bridgehead atoms. The Balaban J connectivity index is 2.42. The minimum Gasteiger partial charge on any atom is -0.205 e. The molecule has 33 heavy (non-hydrogen) atoms. The highest BCUT2D eigenvalue weighted by Crippen LogP contribution is 2.17. The molecule has 1 aromatic rings. The van der Waals surface area contributed by atoms with Crippen LogP contribution < -0.4 is 4.57 Å². The molecule has 0 saturated heterocycles. The van der Waals surface area contributed by atoms with Gasteiger partial charge in [0, 0.05) is 18.1 Å². The molecule has 1 rings (SSSR count). The van der Waals surface area contributed by atoms with Gasteiger partial charge in [0.1, 0.15) is 6.54 Å². The Labute approximate surface area is 209 Å². The van der Waals surface area contributed by atoms with E-state index in [9.17, 15) is 0 Å². The Bertz CT molecular complexity index is 535. The van der Waals surface area contributed by atoms with E-state index >= 15 is 0 Å². The fourth-order valence-corrected chi connectivity index (χ4v) is 5.02.